The lowest BCUT2D eigenvalue weighted by atomic mass is 9.76. The number of hydrogen-bond donors (Lipinski definition) is 2. The molecule has 0 bridgehead atoms. The van der Waals surface area contributed by atoms with Crippen LogP contribution in [0.4, 0.5) is 0 Å². The molecule has 0 aliphatic carbocycles. The molecule has 3 unspecified atom stereocenters. The van der Waals surface area contributed by atoms with Gasteiger partial charge in [0.15, 0.2) is 0 Å². The average Bonchev–Trinajstić information content (AvgIpc) is 2.51. The molecule has 1 heterocycles. The van der Waals surface area contributed by atoms with Crippen LogP contribution in [0.1, 0.15) is 40.5 Å². The van der Waals surface area contributed by atoms with Crippen LogP contribution >= 0.6 is 0 Å². The van der Waals surface area contributed by atoms with Gasteiger partial charge in [0.25, 0.3) is 0 Å². The summed E-state index contributed by atoms with van der Waals surface area (Å²) in [6.07, 6.45) is 2.60. The summed E-state index contributed by atoms with van der Waals surface area (Å²) >= 11 is 0. The number of nitrogens with one attached hydrogen (secondary N) is 1. The summed E-state index contributed by atoms with van der Waals surface area (Å²) < 4.78 is 5.70. The van der Waals surface area contributed by atoms with Crippen molar-refractivity contribution in [3.63, 3.8) is 0 Å². The van der Waals surface area contributed by atoms with Crippen LogP contribution in [0.3, 0.4) is 0 Å². The minimum atomic E-state index is 0.195. The zero-order chi connectivity index (χ0) is 10.8. The molecule has 1 aliphatic heterocycles. The highest BCUT2D eigenvalue weighted by molar-refractivity contribution is 4.91. The van der Waals surface area contributed by atoms with Crippen molar-refractivity contribution in [3.8, 4) is 0 Å². The molecular formula is C11H24N2O. The first-order valence-corrected chi connectivity index (χ1v) is 5.58. The molecule has 1 saturated heterocycles. The quantitative estimate of drug-likeness (QED) is 0.538. The van der Waals surface area contributed by atoms with Crippen molar-refractivity contribution in [2.75, 3.05) is 6.61 Å². The maximum atomic E-state index is 5.70. The van der Waals surface area contributed by atoms with Crippen LogP contribution in [-0.4, -0.2) is 18.8 Å². The fourth-order valence-corrected chi connectivity index (χ4v) is 2.48. The standard InChI is InChI=1S/C11H24N2O/c1-5-9-8(6-7-14-9)10(13-12)11(2,3)4/h8-10,13H,5-7,12H2,1-4H3. The topological polar surface area (TPSA) is 47.3 Å². The third kappa shape index (κ3) is 2.47. The first-order chi connectivity index (χ1) is 6.50. The Morgan fingerprint density at radius 1 is 1.50 bits per heavy atom. The molecule has 1 rings (SSSR count). The summed E-state index contributed by atoms with van der Waals surface area (Å²) in [5.41, 5.74) is 3.16. The Bertz CT molecular complexity index is 177. The number of rotatable bonds is 3. The highest BCUT2D eigenvalue weighted by Crippen LogP contribution is 2.34. The Balaban J connectivity index is 2.68. The minimum absolute atomic E-state index is 0.195. The molecule has 0 radical (unpaired) electrons. The molecular weight excluding hydrogens is 176 g/mol. The second kappa shape index (κ2) is 4.60. The number of nitrogens with two attached hydrogens (primary N) is 1. The molecule has 0 saturated carbocycles. The predicted octanol–water partition coefficient (Wildman–Crippen LogP) is 1.68. The molecule has 3 atom stereocenters. The van der Waals surface area contributed by atoms with Gasteiger partial charge in [-0.25, -0.2) is 0 Å². The molecule has 1 fully saturated rings. The van der Waals surface area contributed by atoms with Crippen molar-refractivity contribution in [2.24, 2.45) is 17.2 Å². The molecule has 3 N–H and O–H groups in total. The Morgan fingerprint density at radius 2 is 2.14 bits per heavy atom. The van der Waals surface area contributed by atoms with E-state index >= 15 is 0 Å². The van der Waals surface area contributed by atoms with Crippen LogP contribution in [0.15, 0.2) is 0 Å². The van der Waals surface area contributed by atoms with Gasteiger partial charge in [-0.2, -0.15) is 0 Å². The lowest BCUT2D eigenvalue weighted by Crippen LogP contribution is -2.51. The van der Waals surface area contributed by atoms with Gasteiger partial charge in [0.2, 0.25) is 0 Å². The summed E-state index contributed by atoms with van der Waals surface area (Å²) in [6.45, 7) is 9.74. The van der Waals surface area contributed by atoms with Gasteiger partial charge < -0.3 is 4.74 Å². The second-order valence-electron chi connectivity index (χ2n) is 5.28. The normalized spacial score (nSPS) is 30.6. The fourth-order valence-electron chi connectivity index (χ4n) is 2.48. The molecule has 14 heavy (non-hydrogen) atoms. The van der Waals surface area contributed by atoms with E-state index < -0.39 is 0 Å². The van der Waals surface area contributed by atoms with E-state index in [9.17, 15) is 0 Å². The number of ether oxygens (including phenoxy) is 1. The van der Waals surface area contributed by atoms with Crippen LogP contribution in [-0.2, 0) is 4.74 Å². The lowest BCUT2D eigenvalue weighted by Gasteiger charge is -2.36. The molecule has 0 aromatic heterocycles. The Kier molecular flexibility index (Phi) is 3.93. The van der Waals surface area contributed by atoms with E-state index in [0.717, 1.165) is 19.4 Å². The summed E-state index contributed by atoms with van der Waals surface area (Å²) in [5.74, 6) is 6.21. The van der Waals surface area contributed by atoms with Crippen molar-refractivity contribution in [1.29, 1.82) is 0 Å². The van der Waals surface area contributed by atoms with Gasteiger partial charge in [-0.3, -0.25) is 11.3 Å². The fraction of sp³-hybridized carbons (Fsp3) is 1.00. The Morgan fingerprint density at radius 3 is 2.57 bits per heavy atom. The van der Waals surface area contributed by atoms with Crippen LogP contribution in [0, 0.1) is 11.3 Å². The minimum Gasteiger partial charge on any atom is -0.378 e. The van der Waals surface area contributed by atoms with Gasteiger partial charge in [0.05, 0.1) is 6.10 Å². The molecule has 0 amide bonds. The van der Waals surface area contributed by atoms with Crippen LogP contribution < -0.4 is 11.3 Å². The van der Waals surface area contributed by atoms with Gasteiger partial charge in [0.1, 0.15) is 0 Å². The third-order valence-electron chi connectivity index (χ3n) is 3.20. The predicted molar refractivity (Wildman–Crippen MR) is 58.7 cm³/mol. The monoisotopic (exact) mass is 200 g/mol. The average molecular weight is 200 g/mol. The first kappa shape index (κ1) is 12.0. The zero-order valence-corrected chi connectivity index (χ0v) is 9.84. The van der Waals surface area contributed by atoms with Gasteiger partial charge >= 0.3 is 0 Å². The van der Waals surface area contributed by atoms with E-state index in [1.807, 2.05) is 0 Å². The molecule has 3 heteroatoms. The molecule has 1 aliphatic rings. The van der Waals surface area contributed by atoms with Gasteiger partial charge in [-0.1, -0.05) is 27.7 Å². The van der Waals surface area contributed by atoms with Crippen molar-refractivity contribution >= 4 is 0 Å². The summed E-state index contributed by atoms with van der Waals surface area (Å²) in [4.78, 5) is 0. The summed E-state index contributed by atoms with van der Waals surface area (Å²) in [6, 6.07) is 0.343. The first-order valence-electron chi connectivity index (χ1n) is 5.58. The van der Waals surface area contributed by atoms with Gasteiger partial charge in [-0.15, -0.1) is 0 Å². The van der Waals surface area contributed by atoms with Crippen molar-refractivity contribution in [2.45, 2.75) is 52.7 Å². The highest BCUT2D eigenvalue weighted by Gasteiger charge is 2.38. The van der Waals surface area contributed by atoms with E-state index in [2.05, 4.69) is 33.1 Å². The van der Waals surface area contributed by atoms with Crippen molar-refractivity contribution in [3.05, 3.63) is 0 Å². The van der Waals surface area contributed by atoms with E-state index in [1.54, 1.807) is 0 Å². The maximum absolute atomic E-state index is 5.70. The largest absolute Gasteiger partial charge is 0.378 e. The Hall–Kier alpha value is -0.120. The lowest BCUT2D eigenvalue weighted by molar-refractivity contribution is 0.0595. The van der Waals surface area contributed by atoms with E-state index in [0.29, 0.717) is 18.1 Å². The molecule has 0 aromatic rings. The highest BCUT2D eigenvalue weighted by atomic mass is 16.5. The second-order valence-corrected chi connectivity index (χ2v) is 5.28. The smallest absolute Gasteiger partial charge is 0.0617 e. The zero-order valence-electron chi connectivity index (χ0n) is 9.84. The molecule has 3 nitrogen and oxygen atoms in total. The van der Waals surface area contributed by atoms with Crippen molar-refractivity contribution in [1.82, 2.24) is 5.43 Å². The van der Waals surface area contributed by atoms with Crippen LogP contribution in [0.2, 0.25) is 0 Å². The van der Waals surface area contributed by atoms with Gasteiger partial charge in [0, 0.05) is 18.6 Å². The molecule has 0 spiro atoms. The van der Waals surface area contributed by atoms with Crippen LogP contribution in [0.5, 0.6) is 0 Å². The van der Waals surface area contributed by atoms with Gasteiger partial charge in [-0.05, 0) is 18.3 Å². The third-order valence-corrected chi connectivity index (χ3v) is 3.20. The van der Waals surface area contributed by atoms with E-state index in [4.69, 9.17) is 10.6 Å². The number of hydrazine groups is 1. The SMILES string of the molecule is CCC1OCCC1C(NN)C(C)(C)C. The van der Waals surface area contributed by atoms with Crippen molar-refractivity contribution < 1.29 is 4.74 Å². The molecule has 84 valence electrons. The summed E-state index contributed by atoms with van der Waals surface area (Å²) in [7, 11) is 0. The molecule has 0 aromatic carbocycles. The van der Waals surface area contributed by atoms with E-state index in [-0.39, 0.29) is 5.41 Å². The summed E-state index contributed by atoms with van der Waals surface area (Å²) in [5, 5.41) is 0. The van der Waals surface area contributed by atoms with Crippen LogP contribution in [0.25, 0.3) is 0 Å². The maximum Gasteiger partial charge on any atom is 0.0617 e. The number of hydrogen-bond acceptors (Lipinski definition) is 3. The van der Waals surface area contributed by atoms with E-state index in [1.165, 1.54) is 0 Å². The Labute approximate surface area is 87.4 Å².